The van der Waals surface area contributed by atoms with Gasteiger partial charge in [-0.2, -0.15) is 0 Å². The van der Waals surface area contributed by atoms with Gasteiger partial charge in [0, 0.05) is 41.6 Å². The lowest BCUT2D eigenvalue weighted by Gasteiger charge is -2.51. The highest BCUT2D eigenvalue weighted by Gasteiger charge is 2.43. The van der Waals surface area contributed by atoms with Crippen molar-refractivity contribution in [3.63, 3.8) is 0 Å². The third kappa shape index (κ3) is 1.81. The minimum atomic E-state index is -2.68. The summed E-state index contributed by atoms with van der Waals surface area (Å²) in [4.78, 5) is 15.6. The monoisotopic (exact) mass is 304 g/mol. The first-order valence-corrected chi connectivity index (χ1v) is 8.04. The summed E-state index contributed by atoms with van der Waals surface area (Å²) in [5, 5.41) is 0. The van der Waals surface area contributed by atoms with Gasteiger partial charge in [-0.15, -0.1) is 0 Å². The van der Waals surface area contributed by atoms with Gasteiger partial charge in [0.05, 0.1) is 0 Å². The fraction of sp³-hybridized carbons (Fsp3) is 0.632. The Balaban J connectivity index is 1.62. The zero-order chi connectivity index (χ0) is 21.9. The second kappa shape index (κ2) is 4.82. The molecule has 1 amide bonds. The summed E-state index contributed by atoms with van der Waals surface area (Å²) in [7, 11) is 0. The standard InChI is InChI=1S/C19H24N2O/c22-19-16-6-2-4-14-3-1-5-15(18(14)16)11-21(19)17-12-20-9-7-13(17)8-10-20/h2,4,6,13,15,17H,1,3,5,7-12H2/t15-,17?/m1/s1/i7D2,8D2,9D2,10D2. The highest BCUT2D eigenvalue weighted by atomic mass is 16.2. The Bertz CT molecular complexity index is 905. The average molecular weight is 304 g/mol. The van der Waals surface area contributed by atoms with Gasteiger partial charge < -0.3 is 9.80 Å². The van der Waals surface area contributed by atoms with Gasteiger partial charge in [0.25, 0.3) is 5.91 Å². The van der Waals surface area contributed by atoms with Gasteiger partial charge in [0.15, 0.2) is 0 Å². The number of carbonyl (C=O) groups is 1. The molecule has 4 aliphatic heterocycles. The Morgan fingerprint density at radius 2 is 2.05 bits per heavy atom. The lowest BCUT2D eigenvalue weighted by molar-refractivity contribution is 0.00258. The quantitative estimate of drug-likeness (QED) is 0.796. The zero-order valence-electron chi connectivity index (χ0n) is 20.3. The van der Waals surface area contributed by atoms with Crippen molar-refractivity contribution in [1.82, 2.24) is 9.80 Å². The van der Waals surface area contributed by atoms with E-state index in [1.54, 1.807) is 6.07 Å². The van der Waals surface area contributed by atoms with Crippen LogP contribution in [0.4, 0.5) is 0 Å². The summed E-state index contributed by atoms with van der Waals surface area (Å²) in [6.07, 6.45) is -2.55. The van der Waals surface area contributed by atoms with Crippen LogP contribution in [0.25, 0.3) is 0 Å². The van der Waals surface area contributed by atoms with Crippen molar-refractivity contribution < 1.29 is 15.8 Å². The maximum absolute atomic E-state index is 13.4. The van der Waals surface area contributed by atoms with Gasteiger partial charge in [0.1, 0.15) is 0 Å². The molecule has 4 heterocycles. The summed E-state index contributed by atoms with van der Waals surface area (Å²) in [5.74, 6) is -1.84. The van der Waals surface area contributed by atoms with Crippen molar-refractivity contribution >= 4 is 5.91 Å². The molecule has 1 unspecified atom stereocenters. The summed E-state index contributed by atoms with van der Waals surface area (Å²) < 4.78 is 66.8. The molecule has 0 spiro atoms. The molecule has 1 aromatic carbocycles. The molecule has 3 nitrogen and oxygen atoms in total. The topological polar surface area (TPSA) is 23.6 Å². The lowest BCUT2D eigenvalue weighted by atomic mass is 9.75. The molecule has 3 fully saturated rings. The fourth-order valence-electron chi connectivity index (χ4n) is 4.34. The Labute approximate surface area is 143 Å². The first-order chi connectivity index (χ1) is 13.8. The maximum atomic E-state index is 13.4. The van der Waals surface area contributed by atoms with Crippen LogP contribution in [0.2, 0.25) is 0 Å². The lowest BCUT2D eigenvalue weighted by Crippen LogP contribution is -2.60. The van der Waals surface area contributed by atoms with Crippen LogP contribution in [-0.4, -0.2) is 47.8 Å². The molecule has 1 aliphatic carbocycles. The number of hydrogen-bond donors (Lipinski definition) is 0. The van der Waals surface area contributed by atoms with Crippen molar-refractivity contribution in [2.75, 3.05) is 26.1 Å². The molecule has 0 radical (unpaired) electrons. The van der Waals surface area contributed by atoms with Crippen LogP contribution < -0.4 is 0 Å². The summed E-state index contributed by atoms with van der Waals surface area (Å²) in [6, 6.07) is 4.68. The first kappa shape index (κ1) is 7.48. The van der Waals surface area contributed by atoms with E-state index in [1.807, 2.05) is 12.1 Å². The number of nitrogens with zero attached hydrogens (tertiary/aromatic N) is 2. The number of aryl methyl sites for hydroxylation is 1. The third-order valence-electron chi connectivity index (χ3n) is 5.38. The molecule has 0 N–H and O–H groups in total. The average Bonchev–Trinajstić information content (AvgIpc) is 2.65. The van der Waals surface area contributed by atoms with Gasteiger partial charge in [0.2, 0.25) is 0 Å². The van der Waals surface area contributed by atoms with Gasteiger partial charge in [-0.05, 0) is 68.1 Å². The van der Waals surface area contributed by atoms with Crippen LogP contribution >= 0.6 is 0 Å². The van der Waals surface area contributed by atoms with E-state index in [-0.39, 0.29) is 18.4 Å². The normalized spacial score (nSPS) is 50.9. The number of piperidine rings is 3. The maximum Gasteiger partial charge on any atom is 0.254 e. The van der Waals surface area contributed by atoms with Gasteiger partial charge >= 0.3 is 0 Å². The molecule has 0 aromatic heterocycles. The number of fused-ring (bicyclic) bond motifs is 3. The third-order valence-corrected chi connectivity index (χ3v) is 5.38. The molecule has 0 saturated carbocycles. The molecule has 116 valence electrons. The number of carbonyl (C=O) groups excluding carboxylic acids is 1. The van der Waals surface area contributed by atoms with E-state index in [0.29, 0.717) is 17.0 Å². The van der Waals surface area contributed by atoms with E-state index in [2.05, 4.69) is 0 Å². The van der Waals surface area contributed by atoms with Crippen molar-refractivity contribution in [2.24, 2.45) is 5.92 Å². The summed E-state index contributed by atoms with van der Waals surface area (Å²) in [5.41, 5.74) is 2.76. The Morgan fingerprint density at radius 1 is 1.18 bits per heavy atom. The Kier molecular flexibility index (Phi) is 1.64. The van der Waals surface area contributed by atoms with Crippen LogP contribution in [0.5, 0.6) is 0 Å². The van der Waals surface area contributed by atoms with Crippen LogP contribution in [-0.2, 0) is 6.42 Å². The van der Waals surface area contributed by atoms with Crippen molar-refractivity contribution in [3.05, 3.63) is 34.9 Å². The molecular formula is C19H24N2O. The second-order valence-electron chi connectivity index (χ2n) is 6.59. The molecule has 6 rings (SSSR count). The van der Waals surface area contributed by atoms with E-state index in [9.17, 15) is 4.79 Å². The summed E-state index contributed by atoms with van der Waals surface area (Å²) >= 11 is 0. The van der Waals surface area contributed by atoms with Crippen molar-refractivity contribution in [2.45, 2.75) is 44.0 Å². The van der Waals surface area contributed by atoms with Crippen LogP contribution in [0.3, 0.4) is 0 Å². The minimum Gasteiger partial charge on any atom is -0.333 e. The minimum absolute atomic E-state index is 0.0864. The van der Waals surface area contributed by atoms with E-state index >= 15 is 0 Å². The van der Waals surface area contributed by atoms with Crippen molar-refractivity contribution in [1.29, 1.82) is 0 Å². The summed E-state index contributed by atoms with van der Waals surface area (Å²) in [6.45, 7) is -5.27. The van der Waals surface area contributed by atoms with E-state index in [0.717, 1.165) is 30.4 Å². The smallest absolute Gasteiger partial charge is 0.254 e. The van der Waals surface area contributed by atoms with Crippen molar-refractivity contribution in [3.8, 4) is 0 Å². The van der Waals surface area contributed by atoms with E-state index in [1.165, 1.54) is 4.90 Å². The zero-order valence-corrected chi connectivity index (χ0v) is 12.3. The van der Waals surface area contributed by atoms with Gasteiger partial charge in [-0.25, -0.2) is 0 Å². The Morgan fingerprint density at radius 3 is 2.91 bits per heavy atom. The second-order valence-corrected chi connectivity index (χ2v) is 6.59. The predicted molar refractivity (Wildman–Crippen MR) is 86.1 cm³/mol. The molecule has 22 heavy (non-hydrogen) atoms. The van der Waals surface area contributed by atoms with E-state index < -0.39 is 37.7 Å². The van der Waals surface area contributed by atoms with Gasteiger partial charge in [-0.1, -0.05) is 12.1 Å². The SMILES string of the molecule is [2H]C1([2H])C2C(N3C[C@H]4CCCc5cccc(c54)C3=O)CN(C1([2H])[2H])C([2H])([2H])C2([2H])[2H]. The van der Waals surface area contributed by atoms with E-state index in [4.69, 9.17) is 11.0 Å². The number of hydrogen-bond acceptors (Lipinski definition) is 2. The number of rotatable bonds is 1. The van der Waals surface area contributed by atoms with Crippen LogP contribution in [0, 0.1) is 5.92 Å². The van der Waals surface area contributed by atoms with Crippen LogP contribution in [0.15, 0.2) is 18.2 Å². The van der Waals surface area contributed by atoms with Gasteiger partial charge in [-0.3, -0.25) is 4.79 Å². The fourth-order valence-corrected chi connectivity index (χ4v) is 4.34. The molecule has 2 bridgehead atoms. The number of amides is 1. The first-order valence-electron chi connectivity index (χ1n) is 12.0. The molecule has 3 heteroatoms. The molecule has 5 aliphatic rings. The Hall–Kier alpha value is -1.35. The number of benzene rings is 1. The molecule has 3 saturated heterocycles. The molecule has 1 aromatic rings. The highest BCUT2D eigenvalue weighted by Crippen LogP contribution is 2.41. The molecular weight excluding hydrogens is 272 g/mol. The predicted octanol–water partition coefficient (Wildman–Crippen LogP) is 2.66. The largest absolute Gasteiger partial charge is 0.333 e. The molecule has 2 atom stereocenters. The highest BCUT2D eigenvalue weighted by molar-refractivity contribution is 5.97. The van der Waals surface area contributed by atoms with Crippen LogP contribution in [0.1, 0.15) is 64.0 Å².